The summed E-state index contributed by atoms with van der Waals surface area (Å²) >= 11 is 1.34. The van der Waals surface area contributed by atoms with E-state index in [4.69, 9.17) is 0 Å². The van der Waals surface area contributed by atoms with Crippen molar-refractivity contribution in [3.8, 4) is 0 Å². The van der Waals surface area contributed by atoms with E-state index >= 15 is 0 Å². The number of nitrogens with zero attached hydrogens (tertiary/aromatic N) is 3. The number of rotatable bonds is 3. The number of nitrogens with one attached hydrogen (secondary N) is 1. The zero-order valence-electron chi connectivity index (χ0n) is 8.70. The van der Waals surface area contributed by atoms with Gasteiger partial charge in [0.15, 0.2) is 11.4 Å². The van der Waals surface area contributed by atoms with Gasteiger partial charge in [0.05, 0.1) is 0 Å². The number of carbonyl (C=O) groups excluding carboxylic acids is 1. The van der Waals surface area contributed by atoms with Gasteiger partial charge in [-0.3, -0.25) is 9.20 Å². The minimum Gasteiger partial charge on any atom is -0.339 e. The molecule has 0 spiro atoms. The second-order valence-corrected chi connectivity index (χ2v) is 4.32. The highest BCUT2D eigenvalue weighted by atomic mass is 32.2. The molecule has 0 aliphatic rings. The molecule has 0 amide bonds. The lowest BCUT2D eigenvalue weighted by Crippen LogP contribution is -1.90. The number of carbonyl (C=O) groups is 1. The lowest BCUT2D eigenvalue weighted by Gasteiger charge is -1.94. The van der Waals surface area contributed by atoms with Crippen LogP contribution in [0.1, 0.15) is 10.5 Å². The number of aromatic nitrogens is 4. The van der Waals surface area contributed by atoms with Crippen molar-refractivity contribution in [1.82, 2.24) is 19.4 Å². The zero-order valence-corrected chi connectivity index (χ0v) is 9.52. The van der Waals surface area contributed by atoms with Crippen LogP contribution in [-0.2, 0) is 0 Å². The summed E-state index contributed by atoms with van der Waals surface area (Å²) in [4.78, 5) is 22.6. The second-order valence-electron chi connectivity index (χ2n) is 3.35. The molecule has 3 aromatic rings. The molecule has 0 radical (unpaired) electrons. The van der Waals surface area contributed by atoms with E-state index in [1.807, 2.05) is 24.4 Å². The van der Waals surface area contributed by atoms with Crippen molar-refractivity contribution in [3.63, 3.8) is 0 Å². The van der Waals surface area contributed by atoms with Crippen LogP contribution >= 0.6 is 11.8 Å². The van der Waals surface area contributed by atoms with Gasteiger partial charge in [-0.15, -0.1) is 0 Å². The van der Waals surface area contributed by atoms with Crippen molar-refractivity contribution in [1.29, 1.82) is 0 Å². The van der Waals surface area contributed by atoms with Crippen LogP contribution in [-0.4, -0.2) is 25.6 Å². The van der Waals surface area contributed by atoms with E-state index in [1.165, 1.54) is 11.8 Å². The molecular weight excluding hydrogens is 236 g/mol. The lowest BCUT2D eigenvalue weighted by molar-refractivity contribution is 0.111. The van der Waals surface area contributed by atoms with Crippen molar-refractivity contribution < 1.29 is 4.79 Å². The fraction of sp³-hybridized carbons (Fsp3) is 0. The molecule has 0 aliphatic carbocycles. The van der Waals surface area contributed by atoms with Gasteiger partial charge >= 0.3 is 0 Å². The Morgan fingerprint density at radius 2 is 2.35 bits per heavy atom. The summed E-state index contributed by atoms with van der Waals surface area (Å²) in [5, 5.41) is 1.37. The van der Waals surface area contributed by atoms with Crippen LogP contribution < -0.4 is 0 Å². The number of pyridine rings is 1. The van der Waals surface area contributed by atoms with Crippen molar-refractivity contribution in [3.05, 3.63) is 42.5 Å². The van der Waals surface area contributed by atoms with E-state index in [1.54, 1.807) is 16.8 Å². The molecule has 0 saturated heterocycles. The maximum absolute atomic E-state index is 11.1. The molecule has 84 valence electrons. The largest absolute Gasteiger partial charge is 0.339 e. The molecule has 0 bridgehead atoms. The van der Waals surface area contributed by atoms with E-state index in [0.29, 0.717) is 10.7 Å². The Labute approximate surface area is 101 Å². The van der Waals surface area contributed by atoms with E-state index in [9.17, 15) is 4.79 Å². The molecule has 5 nitrogen and oxygen atoms in total. The standard InChI is InChI=1S/C11H8N4OS/c16-7-8-10(17-11-12-4-5-13-11)14-9-3-1-2-6-15(8)9/h1-7H,(H,12,13). The first kappa shape index (κ1) is 10.1. The fourth-order valence-corrected chi connectivity index (χ4v) is 2.39. The van der Waals surface area contributed by atoms with E-state index in [2.05, 4.69) is 15.0 Å². The summed E-state index contributed by atoms with van der Waals surface area (Å²) in [6, 6.07) is 5.61. The molecule has 3 heterocycles. The minimum absolute atomic E-state index is 0.544. The van der Waals surface area contributed by atoms with Gasteiger partial charge in [-0.25, -0.2) is 9.97 Å². The number of fused-ring (bicyclic) bond motifs is 1. The van der Waals surface area contributed by atoms with Crippen LogP contribution in [0.15, 0.2) is 47.0 Å². The third kappa shape index (κ3) is 1.72. The third-order valence-electron chi connectivity index (χ3n) is 2.31. The molecule has 0 fully saturated rings. The highest BCUT2D eigenvalue weighted by Crippen LogP contribution is 2.26. The molecule has 0 aromatic carbocycles. The first-order chi connectivity index (χ1) is 8.38. The van der Waals surface area contributed by atoms with Crippen molar-refractivity contribution in [2.45, 2.75) is 10.2 Å². The van der Waals surface area contributed by atoms with Crippen molar-refractivity contribution >= 4 is 23.7 Å². The van der Waals surface area contributed by atoms with E-state index in [-0.39, 0.29) is 0 Å². The number of H-pyrrole nitrogens is 1. The molecule has 3 rings (SSSR count). The summed E-state index contributed by atoms with van der Waals surface area (Å²) in [6.07, 6.45) is 6.03. The van der Waals surface area contributed by atoms with Gasteiger partial charge in [-0.05, 0) is 23.9 Å². The Morgan fingerprint density at radius 3 is 3.12 bits per heavy atom. The Balaban J connectivity index is 2.12. The van der Waals surface area contributed by atoms with Crippen LogP contribution in [0.2, 0.25) is 0 Å². The highest BCUT2D eigenvalue weighted by Gasteiger charge is 2.13. The molecule has 3 aromatic heterocycles. The van der Waals surface area contributed by atoms with Gasteiger partial charge in [0, 0.05) is 18.6 Å². The summed E-state index contributed by atoms with van der Waals surface area (Å²) in [5.41, 5.74) is 1.30. The first-order valence-electron chi connectivity index (χ1n) is 4.98. The molecule has 0 aliphatic heterocycles. The second kappa shape index (κ2) is 4.06. The molecule has 17 heavy (non-hydrogen) atoms. The summed E-state index contributed by atoms with van der Waals surface area (Å²) in [7, 11) is 0. The van der Waals surface area contributed by atoms with Gasteiger partial charge in [-0.1, -0.05) is 6.07 Å². The molecule has 1 N–H and O–H groups in total. The van der Waals surface area contributed by atoms with E-state index < -0.39 is 0 Å². The number of aldehydes is 1. The number of hydrogen-bond acceptors (Lipinski definition) is 4. The molecule has 6 heteroatoms. The molecule has 0 atom stereocenters. The highest BCUT2D eigenvalue weighted by molar-refractivity contribution is 7.99. The van der Waals surface area contributed by atoms with Crippen molar-refractivity contribution in [2.75, 3.05) is 0 Å². The Bertz CT molecular complexity index is 659. The van der Waals surface area contributed by atoms with Gasteiger partial charge in [-0.2, -0.15) is 0 Å². The third-order valence-corrected chi connectivity index (χ3v) is 3.22. The number of aromatic amines is 1. The van der Waals surface area contributed by atoms with Crippen LogP contribution in [0.25, 0.3) is 5.65 Å². The SMILES string of the molecule is O=Cc1c(Sc2ncc[nH]2)nc2ccccn12. The minimum atomic E-state index is 0.544. The quantitative estimate of drug-likeness (QED) is 0.716. The maximum atomic E-state index is 11.1. The summed E-state index contributed by atoms with van der Waals surface area (Å²) in [5.74, 6) is 0. The van der Waals surface area contributed by atoms with Gasteiger partial charge < -0.3 is 4.98 Å². The monoisotopic (exact) mass is 244 g/mol. The zero-order chi connectivity index (χ0) is 11.7. The van der Waals surface area contributed by atoms with Crippen LogP contribution in [0.4, 0.5) is 0 Å². The number of hydrogen-bond donors (Lipinski definition) is 1. The van der Waals surface area contributed by atoms with Crippen LogP contribution in [0.3, 0.4) is 0 Å². The van der Waals surface area contributed by atoms with Gasteiger partial charge in [0.1, 0.15) is 16.4 Å². The van der Waals surface area contributed by atoms with Crippen molar-refractivity contribution in [2.24, 2.45) is 0 Å². The predicted octanol–water partition coefficient (Wildman–Crippen LogP) is 2.02. The normalized spacial score (nSPS) is 10.8. The topological polar surface area (TPSA) is 63.0 Å². The molecular formula is C11H8N4OS. The van der Waals surface area contributed by atoms with Crippen LogP contribution in [0.5, 0.6) is 0 Å². The summed E-state index contributed by atoms with van der Waals surface area (Å²) < 4.78 is 1.76. The number of imidazole rings is 2. The lowest BCUT2D eigenvalue weighted by atomic mass is 10.4. The molecule has 0 unspecified atom stereocenters. The maximum Gasteiger partial charge on any atom is 0.171 e. The summed E-state index contributed by atoms with van der Waals surface area (Å²) in [6.45, 7) is 0. The van der Waals surface area contributed by atoms with Gasteiger partial charge in [0.25, 0.3) is 0 Å². The van der Waals surface area contributed by atoms with Crippen LogP contribution in [0, 0.1) is 0 Å². The average Bonchev–Trinajstić information content (AvgIpc) is 2.96. The first-order valence-corrected chi connectivity index (χ1v) is 5.79. The average molecular weight is 244 g/mol. The van der Waals surface area contributed by atoms with E-state index in [0.717, 1.165) is 17.1 Å². The molecule has 0 saturated carbocycles. The Hall–Kier alpha value is -2.08. The Kier molecular flexibility index (Phi) is 2.41. The smallest absolute Gasteiger partial charge is 0.171 e. The fourth-order valence-electron chi connectivity index (χ4n) is 1.57. The Morgan fingerprint density at radius 1 is 1.41 bits per heavy atom. The van der Waals surface area contributed by atoms with Gasteiger partial charge in [0.2, 0.25) is 0 Å². The predicted molar refractivity (Wildman–Crippen MR) is 63.3 cm³/mol.